The summed E-state index contributed by atoms with van der Waals surface area (Å²) in [7, 11) is 3.68. The van der Waals surface area contributed by atoms with Gasteiger partial charge >= 0.3 is 6.03 Å². The number of halogens is 2. The van der Waals surface area contributed by atoms with Gasteiger partial charge in [0.05, 0.1) is 23.3 Å². The Balaban J connectivity index is 1.20. The normalized spacial score (nSPS) is 18.4. The topological polar surface area (TPSA) is 91.8 Å². The number of nitrogens with one attached hydrogen (secondary N) is 2. The number of methoxy groups -OCH3 is 1. The smallest absolute Gasteiger partial charge is 0.322 e. The van der Waals surface area contributed by atoms with Crippen LogP contribution >= 0.6 is 11.6 Å². The molecule has 0 aliphatic carbocycles. The standard InChI is InChI=1S/C30H30ClFN6O3/c1-37-9-8-19-14-38(15-26(19)37)30(39)36-25-12-22-24(13-28(25)40-2)33-17-34-29(22)35-21-6-7-27(23(31)11-21)41-16-18-4-3-5-20(32)10-18/h3-7,10-13,17,19,26H,8-9,14-16H2,1-2H3,(H,36,39)(H,33,34,35)/t19?,26-/m0/s1. The zero-order chi connectivity index (χ0) is 28.5. The lowest BCUT2D eigenvalue weighted by Crippen LogP contribution is -2.37. The van der Waals surface area contributed by atoms with Gasteiger partial charge in [0.2, 0.25) is 0 Å². The Labute approximate surface area is 242 Å². The first-order valence-electron chi connectivity index (χ1n) is 13.4. The molecule has 1 unspecified atom stereocenters. The molecule has 2 aliphatic rings. The van der Waals surface area contributed by atoms with Gasteiger partial charge in [-0.2, -0.15) is 0 Å². The van der Waals surface area contributed by atoms with E-state index in [1.165, 1.54) is 18.5 Å². The number of likely N-dealkylation sites (tertiary alicyclic amines) is 2. The number of ether oxygens (including phenoxy) is 2. The molecule has 0 saturated carbocycles. The van der Waals surface area contributed by atoms with E-state index in [1.54, 1.807) is 37.4 Å². The van der Waals surface area contributed by atoms with Gasteiger partial charge in [-0.05, 0) is 67.9 Å². The van der Waals surface area contributed by atoms with Crippen molar-refractivity contribution >= 4 is 45.7 Å². The molecule has 2 aliphatic heterocycles. The van der Waals surface area contributed by atoms with Crippen molar-refractivity contribution in [3.8, 4) is 11.5 Å². The highest BCUT2D eigenvalue weighted by molar-refractivity contribution is 6.32. The Hall–Kier alpha value is -4.15. The van der Waals surface area contributed by atoms with Gasteiger partial charge in [0.15, 0.2) is 0 Å². The summed E-state index contributed by atoms with van der Waals surface area (Å²) in [4.78, 5) is 26.2. The predicted octanol–water partition coefficient (Wildman–Crippen LogP) is 5.92. The fourth-order valence-corrected chi connectivity index (χ4v) is 5.84. The maximum absolute atomic E-state index is 13.5. The highest BCUT2D eigenvalue weighted by Gasteiger charge is 2.41. The Morgan fingerprint density at radius 3 is 2.78 bits per heavy atom. The molecular formula is C30H30ClFN6O3. The van der Waals surface area contributed by atoms with Crippen LogP contribution in [-0.2, 0) is 6.61 Å². The molecule has 9 nitrogen and oxygen atoms in total. The monoisotopic (exact) mass is 576 g/mol. The van der Waals surface area contributed by atoms with Gasteiger partial charge < -0.3 is 29.9 Å². The summed E-state index contributed by atoms with van der Waals surface area (Å²) in [5, 5.41) is 7.42. The number of urea groups is 1. The fourth-order valence-electron chi connectivity index (χ4n) is 5.60. The molecule has 3 heterocycles. The summed E-state index contributed by atoms with van der Waals surface area (Å²) >= 11 is 6.50. The van der Waals surface area contributed by atoms with E-state index >= 15 is 0 Å². The summed E-state index contributed by atoms with van der Waals surface area (Å²) in [6, 6.07) is 15.4. The second-order valence-corrected chi connectivity index (χ2v) is 10.8. The summed E-state index contributed by atoms with van der Waals surface area (Å²) in [6.45, 7) is 2.72. The third-order valence-corrected chi connectivity index (χ3v) is 8.08. The molecule has 1 aromatic heterocycles. The number of fused-ring (bicyclic) bond motifs is 2. The van der Waals surface area contributed by atoms with Gasteiger partial charge in [-0.15, -0.1) is 0 Å². The number of hydrogen-bond donors (Lipinski definition) is 2. The number of likely N-dealkylation sites (N-methyl/N-ethyl adjacent to an activating group) is 1. The quantitative estimate of drug-likeness (QED) is 0.282. The summed E-state index contributed by atoms with van der Waals surface area (Å²) < 4.78 is 24.8. The number of carbonyl (C=O) groups excluding carboxylic acids is 1. The van der Waals surface area contributed by atoms with E-state index in [9.17, 15) is 9.18 Å². The highest BCUT2D eigenvalue weighted by atomic mass is 35.5. The molecule has 2 saturated heterocycles. The van der Waals surface area contributed by atoms with E-state index in [-0.39, 0.29) is 18.5 Å². The number of aromatic nitrogens is 2. The Bertz CT molecular complexity index is 1600. The van der Waals surface area contributed by atoms with E-state index in [0.29, 0.717) is 68.7 Å². The highest BCUT2D eigenvalue weighted by Crippen LogP contribution is 2.36. The summed E-state index contributed by atoms with van der Waals surface area (Å²) in [5.41, 5.74) is 2.57. The first kappa shape index (κ1) is 27.0. The molecule has 6 rings (SSSR count). The van der Waals surface area contributed by atoms with E-state index < -0.39 is 0 Å². The number of carbonyl (C=O) groups is 1. The molecular weight excluding hydrogens is 547 g/mol. The van der Waals surface area contributed by atoms with Crippen LogP contribution in [0, 0.1) is 11.7 Å². The minimum absolute atomic E-state index is 0.155. The van der Waals surface area contributed by atoms with Crippen LogP contribution in [-0.4, -0.2) is 65.6 Å². The van der Waals surface area contributed by atoms with Crippen LogP contribution in [0.2, 0.25) is 5.02 Å². The first-order valence-corrected chi connectivity index (χ1v) is 13.8. The third-order valence-electron chi connectivity index (χ3n) is 7.79. The minimum atomic E-state index is -0.319. The second kappa shape index (κ2) is 11.4. The molecule has 2 atom stereocenters. The van der Waals surface area contributed by atoms with Gasteiger partial charge in [0.1, 0.15) is 36.1 Å². The van der Waals surface area contributed by atoms with Gasteiger partial charge in [-0.3, -0.25) is 0 Å². The molecule has 2 amide bonds. The number of anilines is 3. The van der Waals surface area contributed by atoms with Crippen LogP contribution in [0.5, 0.6) is 11.5 Å². The van der Waals surface area contributed by atoms with Crippen LogP contribution < -0.4 is 20.1 Å². The van der Waals surface area contributed by atoms with Crippen molar-refractivity contribution in [3.05, 3.63) is 77.3 Å². The van der Waals surface area contributed by atoms with Gasteiger partial charge in [-0.25, -0.2) is 19.2 Å². The average Bonchev–Trinajstić information content (AvgIpc) is 3.54. The van der Waals surface area contributed by atoms with Gasteiger partial charge in [-0.1, -0.05) is 23.7 Å². The molecule has 2 fully saturated rings. The van der Waals surface area contributed by atoms with Crippen molar-refractivity contribution in [2.45, 2.75) is 19.1 Å². The number of rotatable bonds is 7. The Morgan fingerprint density at radius 1 is 1.12 bits per heavy atom. The maximum Gasteiger partial charge on any atom is 0.322 e. The van der Waals surface area contributed by atoms with Gasteiger partial charge in [0, 0.05) is 36.3 Å². The molecule has 2 N–H and O–H groups in total. The average molecular weight is 577 g/mol. The van der Waals surface area contributed by atoms with Crippen molar-refractivity contribution in [2.75, 3.05) is 44.4 Å². The zero-order valence-corrected chi connectivity index (χ0v) is 23.5. The lowest BCUT2D eigenvalue weighted by atomic mass is 10.1. The molecule has 0 bridgehead atoms. The van der Waals surface area contributed by atoms with E-state index in [0.717, 1.165) is 19.5 Å². The van der Waals surface area contributed by atoms with Crippen LogP contribution in [0.15, 0.2) is 60.9 Å². The molecule has 0 radical (unpaired) electrons. The molecule has 11 heteroatoms. The van der Waals surface area contributed by atoms with Crippen LogP contribution in [0.3, 0.4) is 0 Å². The molecule has 41 heavy (non-hydrogen) atoms. The second-order valence-electron chi connectivity index (χ2n) is 10.4. The first-order chi connectivity index (χ1) is 19.9. The fraction of sp³-hybridized carbons (Fsp3) is 0.300. The Morgan fingerprint density at radius 2 is 2.00 bits per heavy atom. The minimum Gasteiger partial charge on any atom is -0.494 e. The third kappa shape index (κ3) is 5.71. The lowest BCUT2D eigenvalue weighted by molar-refractivity contribution is 0.213. The number of benzene rings is 3. The van der Waals surface area contributed by atoms with Crippen LogP contribution in [0.25, 0.3) is 10.9 Å². The number of amides is 2. The SMILES string of the molecule is COc1cc2ncnc(Nc3ccc(OCc4cccc(F)c4)c(Cl)c3)c2cc1NC(=O)N1CC2CCN(C)[C@H]2C1. The summed E-state index contributed by atoms with van der Waals surface area (Å²) in [5.74, 6) is 1.71. The lowest BCUT2D eigenvalue weighted by Gasteiger charge is -2.22. The largest absolute Gasteiger partial charge is 0.494 e. The predicted molar refractivity (Wildman–Crippen MR) is 157 cm³/mol. The maximum atomic E-state index is 13.5. The van der Waals surface area contributed by atoms with E-state index in [1.807, 2.05) is 17.0 Å². The van der Waals surface area contributed by atoms with Crippen molar-refractivity contribution in [1.29, 1.82) is 0 Å². The number of hydrogen-bond acceptors (Lipinski definition) is 7. The zero-order valence-electron chi connectivity index (χ0n) is 22.7. The molecule has 0 spiro atoms. The Kier molecular flexibility index (Phi) is 7.51. The van der Waals surface area contributed by atoms with Crippen LogP contribution in [0.4, 0.5) is 26.4 Å². The van der Waals surface area contributed by atoms with E-state index in [4.69, 9.17) is 21.1 Å². The van der Waals surface area contributed by atoms with Gasteiger partial charge in [0.25, 0.3) is 0 Å². The van der Waals surface area contributed by atoms with Crippen molar-refractivity contribution in [1.82, 2.24) is 19.8 Å². The van der Waals surface area contributed by atoms with Crippen molar-refractivity contribution < 1.29 is 18.7 Å². The molecule has 3 aromatic carbocycles. The van der Waals surface area contributed by atoms with Crippen LogP contribution in [0.1, 0.15) is 12.0 Å². The van der Waals surface area contributed by atoms with E-state index in [2.05, 4.69) is 32.5 Å². The summed E-state index contributed by atoms with van der Waals surface area (Å²) in [6.07, 6.45) is 2.57. The number of nitrogens with zero attached hydrogens (tertiary/aromatic N) is 4. The van der Waals surface area contributed by atoms with Crippen molar-refractivity contribution in [3.63, 3.8) is 0 Å². The van der Waals surface area contributed by atoms with Crippen molar-refractivity contribution in [2.24, 2.45) is 5.92 Å². The molecule has 4 aromatic rings. The molecule has 212 valence electrons.